The molecule has 29 heavy (non-hydrogen) atoms. The average molecular weight is 408 g/mol. The van der Waals surface area contributed by atoms with Gasteiger partial charge in [-0.05, 0) is 66.7 Å². The molecule has 0 spiro atoms. The van der Waals surface area contributed by atoms with Crippen molar-refractivity contribution in [1.29, 1.82) is 0 Å². The summed E-state index contributed by atoms with van der Waals surface area (Å²) in [6, 6.07) is 13.7. The number of carbonyl (C=O) groups is 2. The summed E-state index contributed by atoms with van der Waals surface area (Å²) in [5, 5.41) is 9.56. The van der Waals surface area contributed by atoms with Crippen molar-refractivity contribution in [1.82, 2.24) is 4.90 Å². The lowest BCUT2D eigenvalue weighted by Crippen LogP contribution is -2.28. The van der Waals surface area contributed by atoms with Crippen LogP contribution in [0.15, 0.2) is 71.1 Å². The summed E-state index contributed by atoms with van der Waals surface area (Å²) < 4.78 is 5.47. The van der Waals surface area contributed by atoms with E-state index in [9.17, 15) is 9.59 Å². The first-order chi connectivity index (χ1) is 14.0. The summed E-state index contributed by atoms with van der Waals surface area (Å²) in [6.45, 7) is 6.43. The van der Waals surface area contributed by atoms with E-state index in [2.05, 4.69) is 11.6 Å². The highest BCUT2D eigenvalue weighted by Gasteiger charge is 2.32. The van der Waals surface area contributed by atoms with Crippen LogP contribution >= 0.6 is 11.8 Å². The molecule has 2 aromatic rings. The number of amidine groups is 1. The van der Waals surface area contributed by atoms with Crippen LogP contribution in [0.2, 0.25) is 0 Å². The van der Waals surface area contributed by atoms with Gasteiger partial charge >= 0.3 is 5.97 Å². The van der Waals surface area contributed by atoms with Crippen molar-refractivity contribution in [3.8, 4) is 5.75 Å². The number of aliphatic imine (C=N–C) groups is 1. The number of hydrogen-bond donors (Lipinski definition) is 1. The summed E-state index contributed by atoms with van der Waals surface area (Å²) >= 11 is 1.30. The molecule has 0 radical (unpaired) electrons. The van der Waals surface area contributed by atoms with Gasteiger partial charge < -0.3 is 9.84 Å². The van der Waals surface area contributed by atoms with Gasteiger partial charge in [0.2, 0.25) is 0 Å². The van der Waals surface area contributed by atoms with Crippen molar-refractivity contribution in [2.75, 3.05) is 13.2 Å². The molecule has 0 saturated carbocycles. The van der Waals surface area contributed by atoms with Gasteiger partial charge in [0.05, 0.1) is 16.2 Å². The first-order valence-corrected chi connectivity index (χ1v) is 9.80. The minimum absolute atomic E-state index is 0.106. The van der Waals surface area contributed by atoms with Gasteiger partial charge in [0.1, 0.15) is 12.4 Å². The smallest absolute Gasteiger partial charge is 0.335 e. The van der Waals surface area contributed by atoms with Crippen molar-refractivity contribution in [2.24, 2.45) is 4.99 Å². The molecular formula is C22H20N2O4S. The number of thioether (sulfide) groups is 1. The van der Waals surface area contributed by atoms with E-state index in [0.29, 0.717) is 28.9 Å². The Hall–Kier alpha value is -3.32. The molecule has 1 saturated heterocycles. The van der Waals surface area contributed by atoms with Gasteiger partial charge in [0.15, 0.2) is 5.17 Å². The van der Waals surface area contributed by atoms with E-state index in [1.807, 2.05) is 37.3 Å². The van der Waals surface area contributed by atoms with E-state index in [0.717, 1.165) is 11.3 Å². The lowest BCUT2D eigenvalue weighted by atomic mass is 10.2. The molecule has 1 N–H and O–H groups in total. The Bertz CT molecular complexity index is 979. The topological polar surface area (TPSA) is 79.2 Å². The number of benzene rings is 2. The molecule has 1 aliphatic heterocycles. The van der Waals surface area contributed by atoms with Crippen molar-refractivity contribution in [2.45, 2.75) is 6.92 Å². The van der Waals surface area contributed by atoms with Gasteiger partial charge in [0, 0.05) is 6.54 Å². The van der Waals surface area contributed by atoms with Crippen molar-refractivity contribution >= 4 is 40.6 Å². The number of nitrogens with zero attached hydrogens (tertiary/aromatic N) is 2. The van der Waals surface area contributed by atoms with Crippen molar-refractivity contribution in [3.63, 3.8) is 0 Å². The summed E-state index contributed by atoms with van der Waals surface area (Å²) in [6.07, 6.45) is 3.50. The number of hydrogen-bond acceptors (Lipinski definition) is 5. The normalized spacial score (nSPS) is 16.4. The molecule has 0 aromatic heterocycles. The van der Waals surface area contributed by atoms with Gasteiger partial charge in [-0.1, -0.05) is 24.8 Å². The molecule has 0 atom stereocenters. The van der Waals surface area contributed by atoms with E-state index in [1.165, 1.54) is 23.9 Å². The summed E-state index contributed by atoms with van der Waals surface area (Å²) in [5.41, 5.74) is 1.67. The lowest BCUT2D eigenvalue weighted by Gasteiger charge is -2.12. The molecule has 7 heteroatoms. The lowest BCUT2D eigenvalue weighted by molar-refractivity contribution is -0.122. The Morgan fingerprint density at radius 1 is 1.21 bits per heavy atom. The molecule has 0 unspecified atom stereocenters. The Labute approximate surface area is 173 Å². The van der Waals surface area contributed by atoms with Crippen LogP contribution in [0.5, 0.6) is 5.75 Å². The molecule has 2 aromatic carbocycles. The van der Waals surface area contributed by atoms with Crippen LogP contribution in [0.1, 0.15) is 22.8 Å². The molecule has 1 fully saturated rings. The number of carbonyl (C=O) groups excluding carboxylic acids is 1. The first kappa shape index (κ1) is 20.4. The van der Waals surface area contributed by atoms with Crippen LogP contribution in [-0.4, -0.2) is 40.2 Å². The fourth-order valence-corrected chi connectivity index (χ4v) is 3.69. The maximum absolute atomic E-state index is 12.7. The molecular weight excluding hydrogens is 388 g/mol. The SMILES string of the molecule is C=CCOc1ccc(C=C2SC(=Nc3ccc(C(=O)O)cc3)N(CC)C2=O)cc1. The predicted molar refractivity (Wildman–Crippen MR) is 116 cm³/mol. The highest BCUT2D eigenvalue weighted by atomic mass is 32.2. The number of aromatic carboxylic acids is 1. The highest BCUT2D eigenvalue weighted by Crippen LogP contribution is 2.34. The molecule has 1 heterocycles. The summed E-state index contributed by atoms with van der Waals surface area (Å²) in [4.78, 5) is 30.4. The fraction of sp³-hybridized carbons (Fsp3) is 0.136. The van der Waals surface area contributed by atoms with Crippen molar-refractivity contribution < 1.29 is 19.4 Å². The third kappa shape index (κ3) is 4.94. The zero-order valence-corrected chi connectivity index (χ0v) is 16.7. The van der Waals surface area contributed by atoms with Crippen LogP contribution in [0.3, 0.4) is 0 Å². The number of likely N-dealkylation sites (N-methyl/N-ethyl adjacent to an activating group) is 1. The maximum atomic E-state index is 12.7. The third-order valence-corrected chi connectivity index (χ3v) is 5.10. The van der Waals surface area contributed by atoms with E-state index in [4.69, 9.17) is 9.84 Å². The molecule has 6 nitrogen and oxygen atoms in total. The Morgan fingerprint density at radius 3 is 2.48 bits per heavy atom. The number of rotatable bonds is 7. The number of carboxylic acids is 1. The first-order valence-electron chi connectivity index (χ1n) is 8.99. The zero-order valence-electron chi connectivity index (χ0n) is 15.9. The average Bonchev–Trinajstić information content (AvgIpc) is 3.01. The fourth-order valence-electron chi connectivity index (χ4n) is 2.63. The minimum Gasteiger partial charge on any atom is -0.490 e. The highest BCUT2D eigenvalue weighted by molar-refractivity contribution is 8.18. The van der Waals surface area contributed by atoms with Crippen molar-refractivity contribution in [3.05, 3.63) is 77.2 Å². The Kier molecular flexibility index (Phi) is 6.51. The quantitative estimate of drug-likeness (QED) is 0.536. The van der Waals surface area contributed by atoms with Crippen LogP contribution in [-0.2, 0) is 4.79 Å². The third-order valence-electron chi connectivity index (χ3n) is 4.09. The second kappa shape index (κ2) is 9.25. The predicted octanol–water partition coefficient (Wildman–Crippen LogP) is 4.57. The van der Waals surface area contributed by atoms with E-state index < -0.39 is 5.97 Å². The maximum Gasteiger partial charge on any atom is 0.335 e. The molecule has 1 amide bonds. The summed E-state index contributed by atoms with van der Waals surface area (Å²) in [7, 11) is 0. The molecule has 0 bridgehead atoms. The Balaban J connectivity index is 1.81. The van der Waals surface area contributed by atoms with Crippen LogP contribution in [0, 0.1) is 0 Å². The van der Waals surface area contributed by atoms with Crippen LogP contribution < -0.4 is 4.74 Å². The Morgan fingerprint density at radius 2 is 1.90 bits per heavy atom. The standard InChI is InChI=1S/C22H20N2O4S/c1-3-13-28-18-11-5-15(6-12-18)14-19-20(25)24(4-2)22(29-19)23-17-9-7-16(8-10-17)21(26)27/h3,5-12,14H,1,4,13H2,2H3,(H,26,27). The molecule has 3 rings (SSSR count). The molecule has 0 aliphatic carbocycles. The van der Waals surface area contributed by atoms with E-state index in [-0.39, 0.29) is 11.5 Å². The van der Waals surface area contributed by atoms with E-state index >= 15 is 0 Å². The van der Waals surface area contributed by atoms with Gasteiger partial charge in [0.25, 0.3) is 5.91 Å². The van der Waals surface area contributed by atoms with Gasteiger partial charge in [-0.15, -0.1) is 0 Å². The summed E-state index contributed by atoms with van der Waals surface area (Å²) in [5.74, 6) is -0.360. The minimum atomic E-state index is -0.990. The molecule has 1 aliphatic rings. The second-order valence-electron chi connectivity index (χ2n) is 6.08. The van der Waals surface area contributed by atoms with Gasteiger partial charge in [-0.2, -0.15) is 0 Å². The number of amides is 1. The molecule has 148 valence electrons. The number of ether oxygens (including phenoxy) is 1. The van der Waals surface area contributed by atoms with Gasteiger partial charge in [-0.25, -0.2) is 9.79 Å². The largest absolute Gasteiger partial charge is 0.490 e. The van der Waals surface area contributed by atoms with Crippen LogP contribution in [0.4, 0.5) is 5.69 Å². The zero-order chi connectivity index (χ0) is 20.8. The van der Waals surface area contributed by atoms with Gasteiger partial charge in [-0.3, -0.25) is 9.69 Å². The second-order valence-corrected chi connectivity index (χ2v) is 7.08. The van der Waals surface area contributed by atoms with Crippen LogP contribution in [0.25, 0.3) is 6.08 Å². The monoisotopic (exact) mass is 408 g/mol. The van der Waals surface area contributed by atoms with E-state index in [1.54, 1.807) is 23.1 Å². The number of carboxylic acid groups (broad SMARTS) is 1.